The molecule has 1 aromatic carbocycles. The quantitative estimate of drug-likeness (QED) is 0.883. The highest BCUT2D eigenvalue weighted by atomic mass is 35.5. The second kappa shape index (κ2) is 5.21. The van der Waals surface area contributed by atoms with Crippen molar-refractivity contribution in [1.82, 2.24) is 0 Å². The summed E-state index contributed by atoms with van der Waals surface area (Å²) < 4.78 is 5.21. The summed E-state index contributed by atoms with van der Waals surface area (Å²) in [4.78, 5) is 10.8. The smallest absolute Gasteiger partial charge is 0.306 e. The van der Waals surface area contributed by atoms with Crippen LogP contribution in [0.3, 0.4) is 0 Å². The minimum Gasteiger partial charge on any atom is -0.495 e. The number of carboxylic acids is 1. The van der Waals surface area contributed by atoms with E-state index in [1.54, 1.807) is 13.0 Å². The van der Waals surface area contributed by atoms with Gasteiger partial charge in [0.1, 0.15) is 5.75 Å². The third-order valence-corrected chi connectivity index (χ3v) is 2.88. The lowest BCUT2D eigenvalue weighted by atomic mass is 9.96. The van der Waals surface area contributed by atoms with Gasteiger partial charge in [0.2, 0.25) is 0 Å². The number of halogens is 1. The number of ether oxygens (including phenoxy) is 1. The monoisotopic (exact) mass is 242 g/mol. The molecule has 0 aromatic heterocycles. The predicted molar refractivity (Wildman–Crippen MR) is 63.2 cm³/mol. The molecular formula is C12H15ClO3. The molecular weight excluding hydrogens is 228 g/mol. The molecule has 0 aliphatic heterocycles. The van der Waals surface area contributed by atoms with Crippen LogP contribution < -0.4 is 4.74 Å². The Kier molecular flexibility index (Phi) is 4.19. The van der Waals surface area contributed by atoms with Gasteiger partial charge in [-0.1, -0.05) is 24.6 Å². The number of benzene rings is 1. The van der Waals surface area contributed by atoms with Gasteiger partial charge in [-0.2, -0.15) is 0 Å². The van der Waals surface area contributed by atoms with E-state index in [9.17, 15) is 4.79 Å². The first kappa shape index (κ1) is 12.8. The molecule has 16 heavy (non-hydrogen) atoms. The molecule has 0 amide bonds. The molecule has 1 atom stereocenters. The number of rotatable bonds is 4. The molecule has 0 aliphatic carbocycles. The van der Waals surface area contributed by atoms with E-state index in [0.29, 0.717) is 17.2 Å². The van der Waals surface area contributed by atoms with Crippen molar-refractivity contribution in [3.63, 3.8) is 0 Å². The van der Waals surface area contributed by atoms with Crippen LogP contribution >= 0.6 is 11.6 Å². The number of aliphatic carboxylic acids is 1. The Morgan fingerprint density at radius 3 is 2.69 bits per heavy atom. The van der Waals surface area contributed by atoms with E-state index in [1.807, 2.05) is 13.0 Å². The predicted octanol–water partition coefficient (Wildman–Crippen LogP) is 2.92. The summed E-state index contributed by atoms with van der Waals surface area (Å²) in [6.45, 7) is 3.59. The largest absolute Gasteiger partial charge is 0.495 e. The Morgan fingerprint density at radius 1 is 1.56 bits per heavy atom. The number of hydrogen-bond donors (Lipinski definition) is 1. The van der Waals surface area contributed by atoms with Crippen molar-refractivity contribution in [1.29, 1.82) is 0 Å². The van der Waals surface area contributed by atoms with E-state index in [-0.39, 0.29) is 0 Å². The zero-order chi connectivity index (χ0) is 12.3. The van der Waals surface area contributed by atoms with Crippen molar-refractivity contribution in [2.24, 2.45) is 5.92 Å². The first-order chi connectivity index (χ1) is 7.47. The zero-order valence-electron chi connectivity index (χ0n) is 9.58. The molecule has 1 N–H and O–H groups in total. The molecule has 0 saturated carbocycles. The molecule has 0 radical (unpaired) electrons. The third-order valence-electron chi connectivity index (χ3n) is 2.58. The van der Waals surface area contributed by atoms with Crippen molar-refractivity contribution in [3.05, 3.63) is 28.3 Å². The maximum atomic E-state index is 10.8. The van der Waals surface area contributed by atoms with Crippen LogP contribution in [0.4, 0.5) is 0 Å². The minimum absolute atomic E-state index is 0.422. The van der Waals surface area contributed by atoms with Crippen LogP contribution in [0.1, 0.15) is 18.1 Å². The molecule has 0 saturated heterocycles. The van der Waals surface area contributed by atoms with Gasteiger partial charge < -0.3 is 9.84 Å². The third kappa shape index (κ3) is 2.67. The first-order valence-corrected chi connectivity index (χ1v) is 5.40. The highest BCUT2D eigenvalue weighted by molar-refractivity contribution is 6.32. The highest BCUT2D eigenvalue weighted by Gasteiger charge is 2.17. The summed E-state index contributed by atoms with van der Waals surface area (Å²) in [5, 5.41) is 9.41. The fraction of sp³-hybridized carbons (Fsp3) is 0.417. The maximum absolute atomic E-state index is 10.8. The Bertz CT molecular complexity index is 401. The zero-order valence-corrected chi connectivity index (χ0v) is 10.3. The summed E-state index contributed by atoms with van der Waals surface area (Å²) in [5.41, 5.74) is 1.86. The lowest BCUT2D eigenvalue weighted by Gasteiger charge is -2.15. The number of hydrogen-bond acceptors (Lipinski definition) is 2. The molecule has 0 fully saturated rings. The van der Waals surface area contributed by atoms with Gasteiger partial charge >= 0.3 is 5.97 Å². The summed E-state index contributed by atoms with van der Waals surface area (Å²) in [5.74, 6) is -0.692. The van der Waals surface area contributed by atoms with Gasteiger partial charge in [0.05, 0.1) is 18.1 Å². The van der Waals surface area contributed by atoms with Gasteiger partial charge in [-0.25, -0.2) is 0 Å². The van der Waals surface area contributed by atoms with E-state index in [1.165, 1.54) is 7.11 Å². The van der Waals surface area contributed by atoms with Crippen LogP contribution in [0.25, 0.3) is 0 Å². The van der Waals surface area contributed by atoms with Crippen LogP contribution in [0.15, 0.2) is 12.1 Å². The number of carboxylic acid groups (broad SMARTS) is 1. The van der Waals surface area contributed by atoms with Crippen molar-refractivity contribution >= 4 is 17.6 Å². The second-order valence-corrected chi connectivity index (χ2v) is 4.23. The van der Waals surface area contributed by atoms with Crippen molar-refractivity contribution in [3.8, 4) is 5.75 Å². The summed E-state index contributed by atoms with van der Waals surface area (Å²) in [7, 11) is 1.54. The van der Waals surface area contributed by atoms with Gasteiger partial charge in [0.25, 0.3) is 0 Å². The first-order valence-electron chi connectivity index (χ1n) is 5.02. The SMILES string of the molecule is COc1c(Cl)ccc(C)c1CC(C)C(=O)O. The molecule has 0 heterocycles. The fourth-order valence-corrected chi connectivity index (χ4v) is 1.82. The Labute approximate surface area is 100.0 Å². The summed E-state index contributed by atoms with van der Waals surface area (Å²) in [6.07, 6.45) is 0.422. The van der Waals surface area contributed by atoms with Gasteiger partial charge in [-0.05, 0) is 30.5 Å². The molecule has 1 rings (SSSR count). The van der Waals surface area contributed by atoms with E-state index in [4.69, 9.17) is 21.4 Å². The molecule has 0 aliphatic rings. The Hall–Kier alpha value is -1.22. The van der Waals surface area contributed by atoms with Crippen molar-refractivity contribution in [2.75, 3.05) is 7.11 Å². The van der Waals surface area contributed by atoms with Crippen molar-refractivity contribution in [2.45, 2.75) is 20.3 Å². The molecule has 1 unspecified atom stereocenters. The summed E-state index contributed by atoms with van der Waals surface area (Å²) >= 11 is 5.99. The number of carbonyl (C=O) groups is 1. The van der Waals surface area contributed by atoms with E-state index in [0.717, 1.165) is 11.1 Å². The Balaban J connectivity index is 3.11. The number of aryl methyl sites for hydroxylation is 1. The second-order valence-electron chi connectivity index (χ2n) is 3.82. The van der Waals surface area contributed by atoms with E-state index in [2.05, 4.69) is 0 Å². The van der Waals surface area contributed by atoms with Crippen molar-refractivity contribution < 1.29 is 14.6 Å². The minimum atomic E-state index is -0.818. The fourth-order valence-electron chi connectivity index (χ4n) is 1.57. The molecule has 4 heteroatoms. The van der Waals surface area contributed by atoms with Gasteiger partial charge in [-0.15, -0.1) is 0 Å². The van der Waals surface area contributed by atoms with Crippen LogP contribution in [-0.2, 0) is 11.2 Å². The van der Waals surface area contributed by atoms with Crippen LogP contribution in [-0.4, -0.2) is 18.2 Å². The maximum Gasteiger partial charge on any atom is 0.306 e. The lowest BCUT2D eigenvalue weighted by molar-refractivity contribution is -0.141. The average Bonchev–Trinajstić information content (AvgIpc) is 2.23. The molecule has 3 nitrogen and oxygen atoms in total. The van der Waals surface area contributed by atoms with E-state index >= 15 is 0 Å². The normalized spacial score (nSPS) is 12.2. The highest BCUT2D eigenvalue weighted by Crippen LogP contribution is 2.32. The van der Waals surface area contributed by atoms with Crippen LogP contribution in [0.5, 0.6) is 5.75 Å². The molecule has 1 aromatic rings. The molecule has 0 spiro atoms. The van der Waals surface area contributed by atoms with Gasteiger partial charge in [0.15, 0.2) is 0 Å². The molecule has 88 valence electrons. The standard InChI is InChI=1S/C12H15ClO3/c1-7-4-5-10(13)11(16-3)9(7)6-8(2)12(14)15/h4-5,8H,6H2,1-3H3,(H,14,15). The summed E-state index contributed by atoms with van der Waals surface area (Å²) in [6, 6.07) is 3.62. The van der Waals surface area contributed by atoms with E-state index < -0.39 is 11.9 Å². The van der Waals surface area contributed by atoms with Crippen LogP contribution in [0, 0.1) is 12.8 Å². The Morgan fingerprint density at radius 2 is 2.19 bits per heavy atom. The topological polar surface area (TPSA) is 46.5 Å². The number of methoxy groups -OCH3 is 1. The average molecular weight is 243 g/mol. The molecule has 0 bridgehead atoms. The van der Waals surface area contributed by atoms with Crippen LogP contribution in [0.2, 0.25) is 5.02 Å². The van der Waals surface area contributed by atoms with Gasteiger partial charge in [-0.3, -0.25) is 4.79 Å². The lowest BCUT2D eigenvalue weighted by Crippen LogP contribution is -2.13. The van der Waals surface area contributed by atoms with Gasteiger partial charge in [0, 0.05) is 0 Å².